The number of esters is 1. The monoisotopic (exact) mass is 365 g/mol. The van der Waals surface area contributed by atoms with Gasteiger partial charge in [-0.2, -0.15) is 0 Å². The molecule has 0 saturated heterocycles. The summed E-state index contributed by atoms with van der Waals surface area (Å²) in [5, 5.41) is 11.4. The average Bonchev–Trinajstić information content (AvgIpc) is 2.62. The molecule has 26 heavy (non-hydrogen) atoms. The van der Waals surface area contributed by atoms with Crippen LogP contribution in [0.15, 0.2) is 17.2 Å². The van der Waals surface area contributed by atoms with Crippen molar-refractivity contribution < 1.29 is 23.9 Å². The molecule has 0 unspecified atom stereocenters. The molecule has 0 saturated carbocycles. The molecule has 0 aliphatic heterocycles. The third-order valence-electron chi connectivity index (χ3n) is 3.70. The molecule has 1 aromatic heterocycles. The molecule has 2 aromatic rings. The summed E-state index contributed by atoms with van der Waals surface area (Å²) in [6, 6.07) is 1.41. The Morgan fingerprint density at radius 1 is 1.35 bits per heavy atom. The van der Waals surface area contributed by atoms with E-state index in [0.29, 0.717) is 6.42 Å². The van der Waals surface area contributed by atoms with Crippen LogP contribution in [-0.2, 0) is 16.1 Å². The van der Waals surface area contributed by atoms with Crippen LogP contribution in [-0.4, -0.2) is 41.3 Å². The van der Waals surface area contributed by atoms with Crippen molar-refractivity contribution in [3.8, 4) is 11.5 Å². The van der Waals surface area contributed by atoms with Gasteiger partial charge in [0.1, 0.15) is 5.39 Å². The lowest BCUT2D eigenvalue weighted by atomic mass is 10.1. The Kier molecular flexibility index (Phi) is 6.10. The van der Waals surface area contributed by atoms with Crippen molar-refractivity contribution in [2.45, 2.75) is 26.3 Å². The number of ether oxygens (including phenoxy) is 3. The normalized spacial score (nSPS) is 10.6. The van der Waals surface area contributed by atoms with Crippen LogP contribution in [0, 0.1) is 10.1 Å². The van der Waals surface area contributed by atoms with Crippen LogP contribution in [0.1, 0.15) is 19.8 Å². The molecule has 2 rings (SSSR count). The number of hydrogen-bond donors (Lipinski definition) is 0. The molecule has 10 heteroatoms. The molecule has 0 N–H and O–H groups in total. The molecule has 0 amide bonds. The number of benzene rings is 1. The van der Waals surface area contributed by atoms with E-state index in [-0.39, 0.29) is 47.9 Å². The van der Waals surface area contributed by atoms with Gasteiger partial charge in [-0.1, -0.05) is 0 Å². The highest BCUT2D eigenvalue weighted by atomic mass is 16.6. The lowest BCUT2D eigenvalue weighted by Crippen LogP contribution is -2.22. The molecule has 10 nitrogen and oxygen atoms in total. The van der Waals surface area contributed by atoms with Crippen molar-refractivity contribution in [2.24, 2.45) is 0 Å². The van der Waals surface area contributed by atoms with E-state index in [2.05, 4.69) is 4.98 Å². The smallest absolute Gasteiger partial charge is 0.329 e. The third kappa shape index (κ3) is 3.73. The van der Waals surface area contributed by atoms with Crippen LogP contribution >= 0.6 is 0 Å². The number of methoxy groups -OCH3 is 2. The molecule has 1 heterocycles. The van der Waals surface area contributed by atoms with Crippen molar-refractivity contribution in [3.63, 3.8) is 0 Å². The van der Waals surface area contributed by atoms with Crippen LogP contribution in [0.4, 0.5) is 5.69 Å². The van der Waals surface area contributed by atoms with Crippen LogP contribution in [0.25, 0.3) is 10.9 Å². The second-order valence-electron chi connectivity index (χ2n) is 5.26. The fourth-order valence-electron chi connectivity index (χ4n) is 2.56. The Bertz CT molecular complexity index is 892. The maximum absolute atomic E-state index is 12.7. The summed E-state index contributed by atoms with van der Waals surface area (Å²) in [5.41, 5.74) is -0.966. The third-order valence-corrected chi connectivity index (χ3v) is 3.70. The van der Waals surface area contributed by atoms with Crippen LogP contribution < -0.4 is 15.0 Å². The topological polar surface area (TPSA) is 123 Å². The molecule has 0 bridgehead atoms. The standard InChI is InChI=1S/C16H19N3O7/c1-4-26-12(20)6-5-7-18-9-17-10-8-11(24-2)15(25-3)14(19(22)23)13(10)16(18)21/h8-9H,4-7H2,1-3H3. The Morgan fingerprint density at radius 3 is 2.65 bits per heavy atom. The lowest BCUT2D eigenvalue weighted by Gasteiger charge is -2.11. The summed E-state index contributed by atoms with van der Waals surface area (Å²) in [5.74, 6) is -0.404. The molecule has 1 aromatic carbocycles. The van der Waals surface area contributed by atoms with E-state index in [0.717, 1.165) is 0 Å². The van der Waals surface area contributed by atoms with Gasteiger partial charge in [-0.3, -0.25) is 24.3 Å². The minimum atomic E-state index is -0.699. The van der Waals surface area contributed by atoms with Gasteiger partial charge in [-0.25, -0.2) is 4.98 Å². The number of aromatic nitrogens is 2. The maximum Gasteiger partial charge on any atom is 0.329 e. The van der Waals surface area contributed by atoms with Crippen molar-refractivity contribution in [2.75, 3.05) is 20.8 Å². The number of hydrogen-bond acceptors (Lipinski definition) is 8. The van der Waals surface area contributed by atoms with Crippen molar-refractivity contribution in [1.82, 2.24) is 9.55 Å². The van der Waals surface area contributed by atoms with Gasteiger partial charge >= 0.3 is 11.7 Å². The van der Waals surface area contributed by atoms with E-state index in [1.54, 1.807) is 6.92 Å². The molecule has 140 valence electrons. The zero-order chi connectivity index (χ0) is 19.3. The predicted octanol–water partition coefficient (Wildman–Crippen LogP) is 1.67. The molecule has 0 radical (unpaired) electrons. The quantitative estimate of drug-likeness (QED) is 0.393. The fraction of sp³-hybridized carbons (Fsp3) is 0.438. The molecular weight excluding hydrogens is 346 g/mol. The molecule has 0 aliphatic rings. The van der Waals surface area contributed by atoms with Gasteiger partial charge in [0.25, 0.3) is 5.56 Å². The van der Waals surface area contributed by atoms with E-state index in [4.69, 9.17) is 14.2 Å². The van der Waals surface area contributed by atoms with Gasteiger partial charge in [0, 0.05) is 19.0 Å². The van der Waals surface area contributed by atoms with Gasteiger partial charge in [0.15, 0.2) is 5.75 Å². The van der Waals surface area contributed by atoms with Crippen molar-refractivity contribution >= 4 is 22.6 Å². The number of aryl methyl sites for hydroxylation is 1. The highest BCUT2D eigenvalue weighted by Gasteiger charge is 2.28. The molecular formula is C16H19N3O7. The van der Waals surface area contributed by atoms with E-state index < -0.39 is 16.2 Å². The molecule has 0 spiro atoms. The molecule has 0 aliphatic carbocycles. The van der Waals surface area contributed by atoms with Crippen molar-refractivity contribution in [3.05, 3.63) is 32.9 Å². The Labute approximate surface area is 148 Å². The second kappa shape index (κ2) is 8.28. The summed E-state index contributed by atoms with van der Waals surface area (Å²) in [7, 11) is 2.59. The van der Waals surface area contributed by atoms with E-state index in [9.17, 15) is 19.7 Å². The van der Waals surface area contributed by atoms with Gasteiger partial charge < -0.3 is 14.2 Å². The first-order valence-corrected chi connectivity index (χ1v) is 7.88. The minimum absolute atomic E-state index is 0.110. The van der Waals surface area contributed by atoms with Gasteiger partial charge in [-0.15, -0.1) is 0 Å². The summed E-state index contributed by atoms with van der Waals surface area (Å²) in [6.07, 6.45) is 1.75. The Balaban J connectivity index is 2.49. The zero-order valence-electron chi connectivity index (χ0n) is 14.7. The number of fused-ring (bicyclic) bond motifs is 1. The van der Waals surface area contributed by atoms with Gasteiger partial charge in [-0.05, 0) is 13.3 Å². The van der Waals surface area contributed by atoms with Crippen LogP contribution in [0.5, 0.6) is 11.5 Å². The second-order valence-corrected chi connectivity index (χ2v) is 5.26. The lowest BCUT2D eigenvalue weighted by molar-refractivity contribution is -0.384. The zero-order valence-corrected chi connectivity index (χ0v) is 14.7. The highest BCUT2D eigenvalue weighted by Crippen LogP contribution is 2.40. The van der Waals surface area contributed by atoms with Gasteiger partial charge in [0.2, 0.25) is 5.75 Å². The SMILES string of the molecule is CCOC(=O)CCCn1cnc2cc(OC)c(OC)c([N+](=O)[O-])c2c1=O. The van der Waals surface area contributed by atoms with E-state index in [1.165, 1.54) is 31.2 Å². The number of rotatable bonds is 8. The van der Waals surface area contributed by atoms with Crippen LogP contribution in [0.2, 0.25) is 0 Å². The average molecular weight is 365 g/mol. The number of carbonyl (C=O) groups excluding carboxylic acids is 1. The van der Waals surface area contributed by atoms with Gasteiger partial charge in [0.05, 0.1) is 37.6 Å². The summed E-state index contributed by atoms with van der Waals surface area (Å²) in [6.45, 7) is 2.16. The number of carbonyl (C=O) groups is 1. The fourth-order valence-corrected chi connectivity index (χ4v) is 2.56. The minimum Gasteiger partial charge on any atom is -0.493 e. The van der Waals surface area contributed by atoms with Crippen molar-refractivity contribution in [1.29, 1.82) is 0 Å². The first-order valence-electron chi connectivity index (χ1n) is 7.88. The molecule has 0 atom stereocenters. The molecule has 0 fully saturated rings. The highest BCUT2D eigenvalue weighted by molar-refractivity contribution is 5.92. The number of nitro benzene ring substituents is 1. The number of nitrogens with zero attached hydrogens (tertiary/aromatic N) is 3. The summed E-state index contributed by atoms with van der Waals surface area (Å²) >= 11 is 0. The van der Waals surface area contributed by atoms with E-state index >= 15 is 0 Å². The maximum atomic E-state index is 12.7. The van der Waals surface area contributed by atoms with E-state index in [1.807, 2.05) is 0 Å². The Hall–Kier alpha value is -3.17. The Morgan fingerprint density at radius 2 is 2.08 bits per heavy atom. The summed E-state index contributed by atoms with van der Waals surface area (Å²) < 4.78 is 16.2. The first kappa shape index (κ1) is 19.2. The first-order chi connectivity index (χ1) is 12.4. The largest absolute Gasteiger partial charge is 0.493 e. The summed E-state index contributed by atoms with van der Waals surface area (Å²) in [4.78, 5) is 39.1. The van der Waals surface area contributed by atoms with Crippen LogP contribution in [0.3, 0.4) is 0 Å². The number of nitro groups is 1. The predicted molar refractivity (Wildman–Crippen MR) is 91.6 cm³/mol.